The van der Waals surface area contributed by atoms with Crippen LogP contribution in [-0.2, 0) is 6.61 Å². The number of nitrogens with zero attached hydrogens (tertiary/aromatic N) is 4. The maximum atomic E-state index is 13.5. The summed E-state index contributed by atoms with van der Waals surface area (Å²) in [7, 11) is 0. The topological polar surface area (TPSA) is 60.3 Å². The van der Waals surface area contributed by atoms with Crippen molar-refractivity contribution in [3.8, 4) is 5.75 Å². The molecule has 30 heavy (non-hydrogen) atoms. The zero-order valence-electron chi connectivity index (χ0n) is 15.9. The van der Waals surface area contributed by atoms with Crippen LogP contribution in [0.5, 0.6) is 5.75 Å². The molecular weight excluding hydrogens is 403 g/mol. The normalized spacial score (nSPS) is 13.3. The number of hydrogen-bond donors (Lipinski definition) is 0. The van der Waals surface area contributed by atoms with Crippen molar-refractivity contribution in [2.75, 3.05) is 17.3 Å². The molecule has 1 aromatic heterocycles. The molecule has 0 bridgehead atoms. The number of hydrogen-bond acceptors (Lipinski definition) is 5. The molecular formula is C22H17FN4O2S. The van der Waals surface area contributed by atoms with Crippen molar-refractivity contribution >= 4 is 28.4 Å². The second-order valence-electron chi connectivity index (χ2n) is 6.76. The molecule has 0 unspecified atom stereocenters. The number of halogens is 1. The Morgan fingerprint density at radius 2 is 1.83 bits per heavy atom. The lowest BCUT2D eigenvalue weighted by Crippen LogP contribution is -2.45. The summed E-state index contributed by atoms with van der Waals surface area (Å²) in [4.78, 5) is 13.5. The zero-order chi connectivity index (χ0) is 20.5. The van der Waals surface area contributed by atoms with Crippen LogP contribution in [0.2, 0.25) is 0 Å². The Morgan fingerprint density at radius 3 is 2.70 bits per heavy atom. The highest BCUT2D eigenvalue weighted by Crippen LogP contribution is 2.26. The number of aromatic nitrogens is 3. The van der Waals surface area contributed by atoms with Gasteiger partial charge in [-0.3, -0.25) is 4.79 Å². The minimum Gasteiger partial charge on any atom is -0.486 e. The van der Waals surface area contributed by atoms with Gasteiger partial charge in [0.05, 0.1) is 6.54 Å². The number of thioether (sulfide) groups is 1. The molecule has 0 saturated carbocycles. The summed E-state index contributed by atoms with van der Waals surface area (Å²) < 4.78 is 20.6. The van der Waals surface area contributed by atoms with Gasteiger partial charge in [0.15, 0.2) is 5.82 Å². The third-order valence-corrected chi connectivity index (χ3v) is 5.79. The van der Waals surface area contributed by atoms with Crippen LogP contribution in [-0.4, -0.2) is 33.1 Å². The van der Waals surface area contributed by atoms with Crippen molar-refractivity contribution in [1.29, 1.82) is 0 Å². The fourth-order valence-corrected chi connectivity index (χ4v) is 4.34. The molecule has 0 saturated heterocycles. The molecule has 1 aliphatic heterocycles. The van der Waals surface area contributed by atoms with Gasteiger partial charge >= 0.3 is 0 Å². The largest absolute Gasteiger partial charge is 0.486 e. The van der Waals surface area contributed by atoms with Gasteiger partial charge in [-0.1, -0.05) is 48.2 Å². The van der Waals surface area contributed by atoms with E-state index in [0.29, 0.717) is 28.8 Å². The summed E-state index contributed by atoms with van der Waals surface area (Å²) in [5.74, 6) is 1.31. The second kappa shape index (κ2) is 7.79. The van der Waals surface area contributed by atoms with Gasteiger partial charge in [-0.25, -0.2) is 14.1 Å². The molecule has 0 aliphatic carbocycles. The van der Waals surface area contributed by atoms with E-state index < -0.39 is 0 Å². The van der Waals surface area contributed by atoms with Crippen LogP contribution >= 0.6 is 11.8 Å². The first-order valence-corrected chi connectivity index (χ1v) is 10.4. The maximum absolute atomic E-state index is 13.5. The van der Waals surface area contributed by atoms with Gasteiger partial charge in [0.2, 0.25) is 5.16 Å². The van der Waals surface area contributed by atoms with Crippen molar-refractivity contribution in [3.05, 3.63) is 83.9 Å². The minimum absolute atomic E-state index is 0.110. The first-order chi connectivity index (χ1) is 14.7. The molecule has 6 nitrogen and oxygen atoms in total. The highest BCUT2D eigenvalue weighted by atomic mass is 32.2. The Kier molecular flexibility index (Phi) is 4.84. The molecule has 4 aromatic rings. The monoisotopic (exact) mass is 420 g/mol. The number of ether oxygens (including phenoxy) is 1. The predicted octanol–water partition coefficient (Wildman–Crippen LogP) is 4.03. The molecule has 8 heteroatoms. The van der Waals surface area contributed by atoms with Gasteiger partial charge in [0.1, 0.15) is 18.2 Å². The molecule has 0 spiro atoms. The lowest BCUT2D eigenvalue weighted by atomic mass is 10.0. The first-order valence-electron chi connectivity index (χ1n) is 9.46. The lowest BCUT2D eigenvalue weighted by Gasteiger charge is -2.29. The summed E-state index contributed by atoms with van der Waals surface area (Å²) in [6.07, 6.45) is 0. The standard InChI is InChI=1S/C22H17FN4O2S/c23-16-8-10-17(11-9-16)29-14-20-24-25-22-27(20)26(12-13-30-22)21(28)19-7-3-5-15-4-1-2-6-18(15)19/h1-11H,12-14H2. The van der Waals surface area contributed by atoms with E-state index in [-0.39, 0.29) is 18.3 Å². The van der Waals surface area contributed by atoms with Crippen molar-refractivity contribution in [2.24, 2.45) is 0 Å². The van der Waals surface area contributed by atoms with E-state index in [1.807, 2.05) is 42.5 Å². The predicted molar refractivity (Wildman–Crippen MR) is 113 cm³/mol. The molecule has 3 aromatic carbocycles. The zero-order valence-corrected chi connectivity index (χ0v) is 16.7. The number of rotatable bonds is 4. The Balaban J connectivity index is 1.46. The van der Waals surface area contributed by atoms with Crippen LogP contribution in [0.3, 0.4) is 0 Å². The van der Waals surface area contributed by atoms with E-state index in [2.05, 4.69) is 10.2 Å². The van der Waals surface area contributed by atoms with Crippen LogP contribution < -0.4 is 9.75 Å². The quantitative estimate of drug-likeness (QED) is 0.499. The molecule has 1 aliphatic rings. The lowest BCUT2D eigenvalue weighted by molar-refractivity contribution is 0.0954. The van der Waals surface area contributed by atoms with Crippen LogP contribution in [0.4, 0.5) is 4.39 Å². The van der Waals surface area contributed by atoms with E-state index >= 15 is 0 Å². The Morgan fingerprint density at radius 1 is 1.03 bits per heavy atom. The third kappa shape index (κ3) is 3.39. The number of carbonyl (C=O) groups is 1. The van der Waals surface area contributed by atoms with Crippen molar-refractivity contribution in [2.45, 2.75) is 11.8 Å². The number of amides is 1. The van der Waals surface area contributed by atoms with E-state index in [1.165, 1.54) is 12.1 Å². The average Bonchev–Trinajstić information content (AvgIpc) is 3.21. The third-order valence-electron chi connectivity index (χ3n) is 4.89. The van der Waals surface area contributed by atoms with Gasteiger partial charge in [-0.2, -0.15) is 0 Å². The van der Waals surface area contributed by atoms with Crippen LogP contribution in [0.15, 0.2) is 71.9 Å². The Labute approximate surface area is 176 Å². The summed E-state index contributed by atoms with van der Waals surface area (Å²) in [6, 6.07) is 19.3. The summed E-state index contributed by atoms with van der Waals surface area (Å²) in [5.41, 5.74) is 0.630. The maximum Gasteiger partial charge on any atom is 0.273 e. The molecule has 2 heterocycles. The fourth-order valence-electron chi connectivity index (χ4n) is 3.46. The molecule has 1 amide bonds. The smallest absolute Gasteiger partial charge is 0.273 e. The second-order valence-corrected chi connectivity index (χ2v) is 7.82. The molecule has 0 atom stereocenters. The van der Waals surface area contributed by atoms with Gasteiger partial charge in [0.25, 0.3) is 5.91 Å². The molecule has 0 N–H and O–H groups in total. The van der Waals surface area contributed by atoms with Crippen LogP contribution in [0.25, 0.3) is 10.8 Å². The number of carbonyl (C=O) groups excluding carboxylic acids is 1. The first kappa shape index (κ1) is 18.6. The van der Waals surface area contributed by atoms with Gasteiger partial charge in [-0.15, -0.1) is 10.2 Å². The van der Waals surface area contributed by atoms with Gasteiger partial charge < -0.3 is 4.74 Å². The van der Waals surface area contributed by atoms with Crippen molar-refractivity contribution in [3.63, 3.8) is 0 Å². The molecule has 0 radical (unpaired) electrons. The summed E-state index contributed by atoms with van der Waals surface area (Å²) >= 11 is 1.54. The van der Waals surface area contributed by atoms with Gasteiger partial charge in [-0.05, 0) is 41.1 Å². The van der Waals surface area contributed by atoms with E-state index in [4.69, 9.17) is 4.74 Å². The Bertz CT molecular complexity index is 1220. The van der Waals surface area contributed by atoms with E-state index in [0.717, 1.165) is 16.5 Å². The van der Waals surface area contributed by atoms with Gasteiger partial charge in [0, 0.05) is 11.3 Å². The van der Waals surface area contributed by atoms with Crippen LogP contribution in [0.1, 0.15) is 16.2 Å². The van der Waals surface area contributed by atoms with Crippen molar-refractivity contribution < 1.29 is 13.9 Å². The fraction of sp³-hybridized carbons (Fsp3) is 0.136. The number of benzene rings is 3. The highest BCUT2D eigenvalue weighted by molar-refractivity contribution is 7.99. The van der Waals surface area contributed by atoms with E-state index in [1.54, 1.807) is 33.6 Å². The summed E-state index contributed by atoms with van der Waals surface area (Å²) in [6.45, 7) is 0.639. The minimum atomic E-state index is -0.328. The molecule has 150 valence electrons. The summed E-state index contributed by atoms with van der Waals surface area (Å²) in [5, 5.41) is 12.7. The average molecular weight is 420 g/mol. The van der Waals surface area contributed by atoms with E-state index in [9.17, 15) is 9.18 Å². The van der Waals surface area contributed by atoms with Crippen LogP contribution in [0, 0.1) is 5.82 Å². The Hall–Kier alpha value is -3.39. The molecule has 5 rings (SSSR count). The SMILES string of the molecule is O=C(c1cccc2ccccc12)N1CCSc2nnc(COc3ccc(F)cc3)n21. The number of fused-ring (bicyclic) bond motifs is 2. The highest BCUT2D eigenvalue weighted by Gasteiger charge is 2.29. The van der Waals surface area contributed by atoms with Crippen molar-refractivity contribution in [1.82, 2.24) is 14.9 Å². The molecule has 0 fully saturated rings.